The van der Waals surface area contributed by atoms with Crippen LogP contribution in [0.15, 0.2) is 42.5 Å². The van der Waals surface area contributed by atoms with E-state index in [2.05, 4.69) is 6.07 Å². The molecule has 0 aromatic heterocycles. The van der Waals surface area contributed by atoms with Crippen molar-refractivity contribution in [1.29, 1.82) is 5.26 Å². The molecule has 0 atom stereocenters. The molecular formula is C15H11NO. The number of hydrogen-bond donors (Lipinski definition) is 0. The minimum absolute atomic E-state index is 0.585. The highest BCUT2D eigenvalue weighted by Crippen LogP contribution is 2.27. The summed E-state index contributed by atoms with van der Waals surface area (Å²) in [4.78, 5) is 10.8. The fourth-order valence-electron chi connectivity index (χ4n) is 1.83. The molecule has 0 N–H and O–H groups in total. The first-order valence-corrected chi connectivity index (χ1v) is 5.31. The van der Waals surface area contributed by atoms with E-state index in [1.54, 1.807) is 18.2 Å². The second-order valence-electron chi connectivity index (χ2n) is 3.85. The van der Waals surface area contributed by atoms with Crippen LogP contribution in [0.25, 0.3) is 11.1 Å². The molecule has 2 nitrogen and oxygen atoms in total. The molecule has 0 amide bonds. The van der Waals surface area contributed by atoms with E-state index in [0.717, 1.165) is 23.0 Å². The van der Waals surface area contributed by atoms with E-state index in [-0.39, 0.29) is 0 Å². The number of carbonyl (C=O) groups excluding carboxylic acids is 1. The third-order valence-corrected chi connectivity index (χ3v) is 2.74. The van der Waals surface area contributed by atoms with Crippen LogP contribution >= 0.6 is 0 Å². The number of aryl methyl sites for hydroxylation is 1. The maximum absolute atomic E-state index is 10.8. The molecule has 0 aliphatic carbocycles. The molecule has 0 unspecified atom stereocenters. The van der Waals surface area contributed by atoms with Crippen LogP contribution in [0, 0.1) is 18.3 Å². The van der Waals surface area contributed by atoms with Crippen LogP contribution in [0.4, 0.5) is 0 Å². The van der Waals surface area contributed by atoms with Crippen LogP contribution in [0.1, 0.15) is 21.5 Å². The minimum Gasteiger partial charge on any atom is -0.298 e. The fourth-order valence-corrected chi connectivity index (χ4v) is 1.83. The Kier molecular flexibility index (Phi) is 3.02. The molecule has 0 aliphatic heterocycles. The molecule has 2 aromatic rings. The number of benzene rings is 2. The lowest BCUT2D eigenvalue weighted by Crippen LogP contribution is -1.90. The van der Waals surface area contributed by atoms with E-state index in [0.29, 0.717) is 11.1 Å². The number of rotatable bonds is 2. The molecule has 0 spiro atoms. The Bertz CT molecular complexity index is 609. The van der Waals surface area contributed by atoms with Gasteiger partial charge in [0, 0.05) is 11.1 Å². The molecule has 0 fully saturated rings. The van der Waals surface area contributed by atoms with Gasteiger partial charge < -0.3 is 0 Å². The van der Waals surface area contributed by atoms with Gasteiger partial charge in [0.25, 0.3) is 0 Å². The van der Waals surface area contributed by atoms with Crippen molar-refractivity contribution in [2.24, 2.45) is 0 Å². The zero-order valence-corrected chi connectivity index (χ0v) is 9.47. The maximum atomic E-state index is 10.8. The SMILES string of the molecule is Cc1ccccc1-c1cc(C=O)ccc1C#N. The van der Waals surface area contributed by atoms with Gasteiger partial charge in [0.1, 0.15) is 6.29 Å². The Morgan fingerprint density at radius 3 is 2.53 bits per heavy atom. The molecule has 82 valence electrons. The Morgan fingerprint density at radius 1 is 1.12 bits per heavy atom. The predicted molar refractivity (Wildman–Crippen MR) is 66.7 cm³/mol. The second kappa shape index (κ2) is 4.63. The number of aldehydes is 1. The molecule has 0 aliphatic rings. The van der Waals surface area contributed by atoms with Gasteiger partial charge in [-0.2, -0.15) is 5.26 Å². The second-order valence-corrected chi connectivity index (χ2v) is 3.85. The van der Waals surface area contributed by atoms with Crippen LogP contribution < -0.4 is 0 Å². The third-order valence-electron chi connectivity index (χ3n) is 2.74. The summed E-state index contributed by atoms with van der Waals surface area (Å²) in [6, 6.07) is 15.1. The van der Waals surface area contributed by atoms with Gasteiger partial charge in [-0.15, -0.1) is 0 Å². The van der Waals surface area contributed by atoms with Crippen molar-refractivity contribution in [1.82, 2.24) is 0 Å². The van der Waals surface area contributed by atoms with Gasteiger partial charge in [-0.3, -0.25) is 4.79 Å². The Labute approximate surface area is 100 Å². The van der Waals surface area contributed by atoms with E-state index in [1.165, 1.54) is 0 Å². The summed E-state index contributed by atoms with van der Waals surface area (Å²) in [5.41, 5.74) is 4.07. The first-order chi connectivity index (χ1) is 8.26. The van der Waals surface area contributed by atoms with Crippen molar-refractivity contribution < 1.29 is 4.79 Å². The van der Waals surface area contributed by atoms with E-state index in [9.17, 15) is 4.79 Å². The highest BCUT2D eigenvalue weighted by molar-refractivity contribution is 5.82. The Hall–Kier alpha value is -2.40. The van der Waals surface area contributed by atoms with E-state index >= 15 is 0 Å². The summed E-state index contributed by atoms with van der Waals surface area (Å²) >= 11 is 0. The van der Waals surface area contributed by atoms with Crippen molar-refractivity contribution in [3.05, 3.63) is 59.2 Å². The predicted octanol–water partition coefficient (Wildman–Crippen LogP) is 3.35. The Morgan fingerprint density at radius 2 is 1.88 bits per heavy atom. The number of carbonyl (C=O) groups is 1. The quantitative estimate of drug-likeness (QED) is 0.730. The minimum atomic E-state index is 0.585. The van der Waals surface area contributed by atoms with Gasteiger partial charge in [0.2, 0.25) is 0 Å². The van der Waals surface area contributed by atoms with Crippen molar-refractivity contribution in [2.45, 2.75) is 6.92 Å². The summed E-state index contributed by atoms with van der Waals surface area (Å²) < 4.78 is 0. The summed E-state index contributed by atoms with van der Waals surface area (Å²) in [6.07, 6.45) is 0.795. The average molecular weight is 221 g/mol. The zero-order valence-electron chi connectivity index (χ0n) is 9.47. The van der Waals surface area contributed by atoms with Crippen LogP contribution in [0.5, 0.6) is 0 Å². The third kappa shape index (κ3) is 2.09. The van der Waals surface area contributed by atoms with Crippen molar-refractivity contribution >= 4 is 6.29 Å². The summed E-state index contributed by atoms with van der Waals surface area (Å²) in [7, 11) is 0. The zero-order chi connectivity index (χ0) is 12.3. The summed E-state index contributed by atoms with van der Waals surface area (Å²) in [6.45, 7) is 1.99. The van der Waals surface area contributed by atoms with Crippen LogP contribution in [0.3, 0.4) is 0 Å². The topological polar surface area (TPSA) is 40.9 Å². The van der Waals surface area contributed by atoms with E-state index in [4.69, 9.17) is 5.26 Å². The van der Waals surface area contributed by atoms with E-state index in [1.807, 2.05) is 31.2 Å². The van der Waals surface area contributed by atoms with Gasteiger partial charge in [-0.25, -0.2) is 0 Å². The number of hydrogen-bond acceptors (Lipinski definition) is 2. The first kappa shape index (κ1) is 11.1. The summed E-state index contributed by atoms with van der Waals surface area (Å²) in [5.74, 6) is 0. The highest BCUT2D eigenvalue weighted by atomic mass is 16.1. The van der Waals surface area contributed by atoms with Gasteiger partial charge in [-0.05, 0) is 30.2 Å². The maximum Gasteiger partial charge on any atom is 0.150 e. The number of nitriles is 1. The first-order valence-electron chi connectivity index (χ1n) is 5.31. The molecule has 0 saturated carbocycles. The van der Waals surface area contributed by atoms with Gasteiger partial charge in [0.15, 0.2) is 0 Å². The lowest BCUT2D eigenvalue weighted by Gasteiger charge is -2.08. The molecule has 0 radical (unpaired) electrons. The molecule has 2 rings (SSSR count). The standard InChI is InChI=1S/C15H11NO/c1-11-4-2-3-5-14(11)15-8-12(10-17)6-7-13(15)9-16/h2-8,10H,1H3. The average Bonchev–Trinajstić information content (AvgIpc) is 2.38. The normalized spacial score (nSPS) is 9.65. The molecule has 2 heteroatoms. The van der Waals surface area contributed by atoms with Crippen LogP contribution in [-0.4, -0.2) is 6.29 Å². The monoisotopic (exact) mass is 221 g/mol. The summed E-state index contributed by atoms with van der Waals surface area (Å²) in [5, 5.41) is 9.10. The van der Waals surface area contributed by atoms with Gasteiger partial charge in [-0.1, -0.05) is 30.3 Å². The lowest BCUT2D eigenvalue weighted by molar-refractivity contribution is 0.112. The Balaban J connectivity index is 2.70. The molecular weight excluding hydrogens is 210 g/mol. The molecule has 0 bridgehead atoms. The number of nitrogens with zero attached hydrogens (tertiary/aromatic N) is 1. The highest BCUT2D eigenvalue weighted by Gasteiger charge is 2.07. The van der Waals surface area contributed by atoms with Crippen molar-refractivity contribution in [3.63, 3.8) is 0 Å². The molecule has 2 aromatic carbocycles. The molecule has 0 saturated heterocycles. The smallest absolute Gasteiger partial charge is 0.150 e. The van der Waals surface area contributed by atoms with E-state index < -0.39 is 0 Å². The lowest BCUT2D eigenvalue weighted by atomic mass is 9.95. The van der Waals surface area contributed by atoms with Gasteiger partial charge >= 0.3 is 0 Å². The van der Waals surface area contributed by atoms with Gasteiger partial charge in [0.05, 0.1) is 11.6 Å². The van der Waals surface area contributed by atoms with Crippen LogP contribution in [-0.2, 0) is 0 Å². The largest absolute Gasteiger partial charge is 0.298 e. The van der Waals surface area contributed by atoms with Crippen molar-refractivity contribution in [3.8, 4) is 17.2 Å². The molecule has 17 heavy (non-hydrogen) atoms. The van der Waals surface area contributed by atoms with Crippen molar-refractivity contribution in [2.75, 3.05) is 0 Å². The molecule has 0 heterocycles. The van der Waals surface area contributed by atoms with Crippen LogP contribution in [0.2, 0.25) is 0 Å². The fraction of sp³-hybridized carbons (Fsp3) is 0.0667.